The molecule has 4 fully saturated rings. The van der Waals surface area contributed by atoms with Crippen molar-refractivity contribution < 1.29 is 20.1 Å². The van der Waals surface area contributed by atoms with Gasteiger partial charge in [0.2, 0.25) is 0 Å². The highest BCUT2D eigenvalue weighted by Gasteiger charge is 2.80. The first-order valence-corrected chi connectivity index (χ1v) is 9.54. The number of carbonyl (C=O) groups excluding carboxylic acids is 1. The third-order valence-corrected chi connectivity index (χ3v) is 7.99. The average Bonchev–Trinajstić information content (AvgIpc) is 3.49. The molecule has 6 rings (SSSR count). The summed E-state index contributed by atoms with van der Waals surface area (Å²) in [5, 5.41) is 31.8. The smallest absolute Gasteiger partial charge is 0.162 e. The number of benzene rings is 1. The summed E-state index contributed by atoms with van der Waals surface area (Å²) in [6.45, 7) is 1.09. The van der Waals surface area contributed by atoms with E-state index in [2.05, 4.69) is 4.90 Å². The van der Waals surface area contributed by atoms with E-state index >= 15 is 0 Å². The van der Waals surface area contributed by atoms with Crippen molar-refractivity contribution in [2.75, 3.05) is 6.54 Å². The number of aliphatic hydroxyl groups is 1. The lowest BCUT2D eigenvalue weighted by Crippen LogP contribution is -2.55. The molecule has 0 radical (unpaired) electrons. The van der Waals surface area contributed by atoms with Crippen LogP contribution >= 0.6 is 0 Å². The van der Waals surface area contributed by atoms with E-state index in [9.17, 15) is 20.1 Å². The Bertz CT molecular complexity index is 818. The summed E-state index contributed by atoms with van der Waals surface area (Å²) in [4.78, 5) is 15.0. The Labute approximate surface area is 146 Å². The van der Waals surface area contributed by atoms with Crippen LogP contribution in [0, 0.1) is 11.8 Å². The molecule has 1 spiro atoms. The van der Waals surface area contributed by atoms with Gasteiger partial charge in [-0.15, -0.1) is 0 Å². The third kappa shape index (κ3) is 1.44. The molecule has 25 heavy (non-hydrogen) atoms. The van der Waals surface area contributed by atoms with E-state index in [1.165, 1.54) is 12.8 Å². The number of Topliss-reactive ketones (excluding diaryl/α,β-unsaturated/α-hetero) is 1. The van der Waals surface area contributed by atoms with E-state index < -0.39 is 11.5 Å². The van der Waals surface area contributed by atoms with Gasteiger partial charge in [0.15, 0.2) is 17.3 Å². The fourth-order valence-electron chi connectivity index (χ4n) is 6.86. The van der Waals surface area contributed by atoms with E-state index in [1.54, 1.807) is 6.07 Å². The van der Waals surface area contributed by atoms with Gasteiger partial charge < -0.3 is 15.3 Å². The van der Waals surface area contributed by atoms with Gasteiger partial charge in [0.1, 0.15) is 6.10 Å². The summed E-state index contributed by atoms with van der Waals surface area (Å²) < 4.78 is 0. The zero-order valence-corrected chi connectivity index (χ0v) is 14.1. The number of ketones is 1. The van der Waals surface area contributed by atoms with E-state index in [4.69, 9.17) is 0 Å². The molecule has 2 bridgehead atoms. The SMILES string of the molecule is O=C1CCC2C34CC[C@@]2(c2c(ccc(O)c2O)C3N4CC2CC2)C1O. The molecule has 1 aromatic carbocycles. The number of nitrogens with zero attached hydrogens (tertiary/aromatic N) is 1. The van der Waals surface area contributed by atoms with E-state index in [0.29, 0.717) is 18.4 Å². The molecular weight excluding hydrogens is 318 g/mol. The van der Waals surface area contributed by atoms with Gasteiger partial charge >= 0.3 is 0 Å². The molecule has 6 atom stereocenters. The number of hydrogen-bond acceptors (Lipinski definition) is 5. The van der Waals surface area contributed by atoms with Crippen LogP contribution in [0.3, 0.4) is 0 Å². The lowest BCUT2D eigenvalue weighted by atomic mass is 9.56. The first-order valence-electron chi connectivity index (χ1n) is 9.54. The number of aliphatic hydroxyl groups excluding tert-OH is 1. The summed E-state index contributed by atoms with van der Waals surface area (Å²) in [6.07, 6.45) is 4.41. The highest BCUT2D eigenvalue weighted by Crippen LogP contribution is 2.77. The van der Waals surface area contributed by atoms with Gasteiger partial charge in [0.05, 0.1) is 6.04 Å². The summed E-state index contributed by atoms with van der Waals surface area (Å²) >= 11 is 0. The number of rotatable bonds is 2. The highest BCUT2D eigenvalue weighted by atomic mass is 16.3. The maximum Gasteiger partial charge on any atom is 0.162 e. The summed E-state index contributed by atoms with van der Waals surface area (Å²) in [5.74, 6) is 0.585. The highest BCUT2D eigenvalue weighted by molar-refractivity contribution is 5.87. The molecule has 0 amide bonds. The molecule has 1 aliphatic heterocycles. The molecular formula is C20H23NO4. The van der Waals surface area contributed by atoms with Crippen molar-refractivity contribution in [1.82, 2.24) is 4.90 Å². The standard InChI is InChI=1S/C20H23NO4/c22-12-4-3-11-15(16(12)24)19-7-8-20(14(19)6-5-13(23)18(19)25)17(11)21(20)9-10-1-2-10/h3-4,10,14,17-18,22,24-25H,1-2,5-9H2/t14?,17?,18?,19-,20?,21?/m1/s1. The molecule has 1 saturated heterocycles. The number of fused-ring (bicyclic) bond motifs is 2. The number of aromatic hydroxyl groups is 2. The Hall–Kier alpha value is -1.59. The quantitative estimate of drug-likeness (QED) is 0.566. The van der Waals surface area contributed by atoms with Crippen molar-refractivity contribution in [3.05, 3.63) is 23.3 Å². The number of phenols is 2. The molecule has 3 saturated carbocycles. The second-order valence-electron chi connectivity index (χ2n) is 8.89. The second-order valence-corrected chi connectivity index (χ2v) is 8.89. The molecule has 5 heteroatoms. The van der Waals surface area contributed by atoms with Gasteiger partial charge in [0, 0.05) is 29.5 Å². The van der Waals surface area contributed by atoms with Gasteiger partial charge in [0.25, 0.3) is 0 Å². The van der Waals surface area contributed by atoms with Crippen LogP contribution in [0.1, 0.15) is 55.7 Å². The van der Waals surface area contributed by atoms with Gasteiger partial charge in [-0.05, 0) is 55.6 Å². The van der Waals surface area contributed by atoms with Crippen molar-refractivity contribution in [1.29, 1.82) is 0 Å². The second kappa shape index (κ2) is 4.21. The zero-order valence-electron chi connectivity index (χ0n) is 14.1. The van der Waals surface area contributed by atoms with Crippen molar-refractivity contribution in [2.24, 2.45) is 11.8 Å². The Morgan fingerprint density at radius 3 is 2.72 bits per heavy atom. The van der Waals surface area contributed by atoms with Crippen LogP contribution in [0.5, 0.6) is 11.5 Å². The molecule has 132 valence electrons. The van der Waals surface area contributed by atoms with Crippen LogP contribution in [0.4, 0.5) is 0 Å². The molecule has 5 unspecified atom stereocenters. The van der Waals surface area contributed by atoms with Crippen molar-refractivity contribution in [3.8, 4) is 11.5 Å². The maximum absolute atomic E-state index is 12.4. The van der Waals surface area contributed by atoms with E-state index in [1.807, 2.05) is 6.07 Å². The largest absolute Gasteiger partial charge is 0.504 e. The van der Waals surface area contributed by atoms with E-state index in [0.717, 1.165) is 30.9 Å². The molecule has 1 heterocycles. The molecule has 1 aromatic rings. The van der Waals surface area contributed by atoms with Crippen LogP contribution in [0.15, 0.2) is 12.1 Å². The molecule has 5 nitrogen and oxygen atoms in total. The Morgan fingerprint density at radius 2 is 1.96 bits per heavy atom. The van der Waals surface area contributed by atoms with E-state index in [-0.39, 0.29) is 34.8 Å². The zero-order chi connectivity index (χ0) is 17.1. The Balaban J connectivity index is 1.60. The van der Waals surface area contributed by atoms with Gasteiger partial charge in [-0.1, -0.05) is 6.07 Å². The van der Waals surface area contributed by atoms with Gasteiger partial charge in [-0.25, -0.2) is 0 Å². The predicted molar refractivity (Wildman–Crippen MR) is 89.3 cm³/mol. The minimum atomic E-state index is -1.07. The number of hydrogen-bond donors (Lipinski definition) is 3. The average molecular weight is 341 g/mol. The summed E-state index contributed by atoms with van der Waals surface area (Å²) in [6, 6.07) is 3.74. The third-order valence-electron chi connectivity index (χ3n) is 7.99. The lowest BCUT2D eigenvalue weighted by molar-refractivity contribution is -0.137. The van der Waals surface area contributed by atoms with Crippen LogP contribution in [-0.2, 0) is 10.2 Å². The minimum Gasteiger partial charge on any atom is -0.504 e. The fraction of sp³-hybridized carbons (Fsp3) is 0.650. The van der Waals surface area contributed by atoms with Crippen molar-refractivity contribution in [3.63, 3.8) is 0 Å². The maximum atomic E-state index is 12.4. The monoisotopic (exact) mass is 341 g/mol. The first kappa shape index (κ1) is 14.6. The summed E-state index contributed by atoms with van der Waals surface area (Å²) in [5.41, 5.74) is 1.02. The van der Waals surface area contributed by atoms with Crippen LogP contribution < -0.4 is 0 Å². The van der Waals surface area contributed by atoms with Crippen molar-refractivity contribution >= 4 is 5.78 Å². The van der Waals surface area contributed by atoms with Crippen LogP contribution in [0.25, 0.3) is 0 Å². The summed E-state index contributed by atoms with van der Waals surface area (Å²) in [7, 11) is 0. The first-order chi connectivity index (χ1) is 12.0. The Morgan fingerprint density at radius 1 is 1.16 bits per heavy atom. The fourth-order valence-corrected chi connectivity index (χ4v) is 6.86. The molecule has 3 N–H and O–H groups in total. The normalized spacial score (nSPS) is 46.4. The van der Waals surface area contributed by atoms with Crippen LogP contribution in [0.2, 0.25) is 0 Å². The van der Waals surface area contributed by atoms with Crippen molar-refractivity contribution in [2.45, 2.75) is 61.6 Å². The lowest BCUT2D eigenvalue weighted by Gasteiger charge is -2.47. The number of phenolic OH excluding ortho intramolecular Hbond substituents is 2. The van der Waals surface area contributed by atoms with Gasteiger partial charge in [-0.3, -0.25) is 9.69 Å². The number of carbonyl (C=O) groups is 1. The molecule has 0 aromatic heterocycles. The minimum absolute atomic E-state index is 0.0562. The topological polar surface area (TPSA) is 80.8 Å². The predicted octanol–water partition coefficient (Wildman–Crippen LogP) is 1.99. The van der Waals surface area contributed by atoms with Crippen LogP contribution in [-0.4, -0.2) is 44.2 Å². The Kier molecular flexibility index (Phi) is 2.45. The molecule has 5 aliphatic rings. The molecule has 4 aliphatic carbocycles. The van der Waals surface area contributed by atoms with Gasteiger partial charge in [-0.2, -0.15) is 0 Å².